The summed E-state index contributed by atoms with van der Waals surface area (Å²) in [7, 11) is 1.38. The fourth-order valence-electron chi connectivity index (χ4n) is 1.71. The van der Waals surface area contributed by atoms with Crippen molar-refractivity contribution in [2.24, 2.45) is 0 Å². The third-order valence-electron chi connectivity index (χ3n) is 2.63. The minimum Gasteiger partial charge on any atom is -0.494 e. The highest BCUT2D eigenvalue weighted by Gasteiger charge is 2.28. The third-order valence-corrected chi connectivity index (χ3v) is 2.63. The molecule has 0 bridgehead atoms. The van der Waals surface area contributed by atoms with Crippen LogP contribution in [0.15, 0.2) is 18.2 Å². The van der Waals surface area contributed by atoms with E-state index in [1.165, 1.54) is 7.11 Å². The van der Waals surface area contributed by atoms with Gasteiger partial charge in [0, 0.05) is 5.69 Å². The second-order valence-electron chi connectivity index (χ2n) is 4.65. The van der Waals surface area contributed by atoms with E-state index in [2.05, 4.69) is 5.32 Å². The molecule has 1 aromatic rings. The summed E-state index contributed by atoms with van der Waals surface area (Å²) in [6.45, 7) is 8.13. The molecule has 0 aliphatic rings. The van der Waals surface area contributed by atoms with E-state index in [1.54, 1.807) is 13.8 Å². The first-order valence-corrected chi connectivity index (χ1v) is 6.00. The Kier molecular flexibility index (Phi) is 4.59. The molecule has 0 amide bonds. The number of benzene rings is 1. The second kappa shape index (κ2) is 5.76. The van der Waals surface area contributed by atoms with Crippen molar-refractivity contribution >= 4 is 11.7 Å². The van der Waals surface area contributed by atoms with Crippen molar-refractivity contribution in [3.05, 3.63) is 23.8 Å². The van der Waals surface area contributed by atoms with Crippen molar-refractivity contribution in [2.75, 3.05) is 19.0 Å². The Morgan fingerprint density at radius 3 is 2.56 bits per heavy atom. The first-order valence-electron chi connectivity index (χ1n) is 6.00. The van der Waals surface area contributed by atoms with E-state index in [1.807, 2.05) is 32.0 Å². The van der Waals surface area contributed by atoms with E-state index in [9.17, 15) is 4.79 Å². The van der Waals surface area contributed by atoms with E-state index in [0.29, 0.717) is 6.61 Å². The highest BCUT2D eigenvalue weighted by molar-refractivity contribution is 5.83. The molecule has 0 radical (unpaired) electrons. The molecule has 0 saturated heterocycles. The van der Waals surface area contributed by atoms with Crippen LogP contribution in [0.4, 0.5) is 5.69 Å². The maximum absolute atomic E-state index is 11.6. The number of ether oxygens (including phenoxy) is 2. The first kappa shape index (κ1) is 14.4. The maximum Gasteiger partial charge on any atom is 0.330 e. The van der Waals surface area contributed by atoms with Gasteiger partial charge in [0.05, 0.1) is 13.7 Å². The Bertz CT molecular complexity index is 427. The summed E-state index contributed by atoms with van der Waals surface area (Å²) in [5, 5.41) is 3.15. The van der Waals surface area contributed by atoms with Crippen LogP contribution >= 0.6 is 0 Å². The van der Waals surface area contributed by atoms with Crippen LogP contribution < -0.4 is 10.1 Å². The van der Waals surface area contributed by atoms with Gasteiger partial charge < -0.3 is 14.8 Å². The van der Waals surface area contributed by atoms with Crippen LogP contribution in [0.3, 0.4) is 0 Å². The fraction of sp³-hybridized carbons (Fsp3) is 0.500. The zero-order valence-electron chi connectivity index (χ0n) is 11.7. The lowest BCUT2D eigenvalue weighted by Crippen LogP contribution is -2.41. The lowest BCUT2D eigenvalue weighted by Gasteiger charge is -2.24. The van der Waals surface area contributed by atoms with E-state index < -0.39 is 5.54 Å². The molecular weight excluding hydrogens is 230 g/mol. The molecule has 0 spiro atoms. The smallest absolute Gasteiger partial charge is 0.330 e. The molecule has 0 unspecified atom stereocenters. The highest BCUT2D eigenvalue weighted by atomic mass is 16.5. The number of anilines is 1. The molecule has 4 heteroatoms. The molecule has 0 aromatic heterocycles. The zero-order valence-corrected chi connectivity index (χ0v) is 11.7. The molecule has 0 saturated carbocycles. The number of methoxy groups -OCH3 is 1. The van der Waals surface area contributed by atoms with Gasteiger partial charge in [0.1, 0.15) is 11.3 Å². The van der Waals surface area contributed by atoms with Crippen molar-refractivity contribution < 1.29 is 14.3 Å². The standard InChI is InChI=1S/C14H21NO3/c1-6-18-12-8-7-11(9-10(12)2)15-14(3,4)13(16)17-5/h7-9,15H,6H2,1-5H3. The summed E-state index contributed by atoms with van der Waals surface area (Å²) in [5.41, 5.74) is 1.14. The number of esters is 1. The van der Waals surface area contributed by atoms with Gasteiger partial charge in [-0.05, 0) is 51.5 Å². The molecule has 100 valence electrons. The van der Waals surface area contributed by atoms with Crippen molar-refractivity contribution in [3.63, 3.8) is 0 Å². The molecule has 1 rings (SSSR count). The predicted octanol–water partition coefficient (Wildman–Crippen LogP) is 2.76. The van der Waals surface area contributed by atoms with Crippen molar-refractivity contribution in [3.8, 4) is 5.75 Å². The van der Waals surface area contributed by atoms with E-state index in [0.717, 1.165) is 17.0 Å². The Morgan fingerprint density at radius 2 is 2.06 bits per heavy atom. The van der Waals surface area contributed by atoms with Crippen LogP contribution in [-0.4, -0.2) is 25.2 Å². The van der Waals surface area contributed by atoms with Crippen molar-refractivity contribution in [1.82, 2.24) is 0 Å². The van der Waals surface area contributed by atoms with Crippen LogP contribution in [-0.2, 0) is 9.53 Å². The lowest BCUT2D eigenvalue weighted by atomic mass is 10.0. The molecule has 0 atom stereocenters. The predicted molar refractivity (Wildman–Crippen MR) is 72.1 cm³/mol. The van der Waals surface area contributed by atoms with Gasteiger partial charge in [0.15, 0.2) is 0 Å². The Hall–Kier alpha value is -1.71. The average molecular weight is 251 g/mol. The molecule has 0 aliphatic carbocycles. The van der Waals surface area contributed by atoms with Gasteiger partial charge >= 0.3 is 5.97 Å². The van der Waals surface area contributed by atoms with Crippen LogP contribution in [0.2, 0.25) is 0 Å². The normalized spacial score (nSPS) is 10.9. The molecule has 0 aliphatic heterocycles. The van der Waals surface area contributed by atoms with Gasteiger partial charge in [0.2, 0.25) is 0 Å². The van der Waals surface area contributed by atoms with Gasteiger partial charge in [-0.25, -0.2) is 4.79 Å². The summed E-state index contributed by atoms with van der Waals surface area (Å²) in [4.78, 5) is 11.6. The number of carbonyl (C=O) groups is 1. The molecule has 0 heterocycles. The Morgan fingerprint density at radius 1 is 1.39 bits per heavy atom. The van der Waals surface area contributed by atoms with Crippen LogP contribution in [0.1, 0.15) is 26.3 Å². The van der Waals surface area contributed by atoms with E-state index >= 15 is 0 Å². The van der Waals surface area contributed by atoms with Crippen molar-refractivity contribution in [2.45, 2.75) is 33.2 Å². The minimum atomic E-state index is -0.756. The lowest BCUT2D eigenvalue weighted by molar-refractivity contribution is -0.144. The summed E-state index contributed by atoms with van der Waals surface area (Å²) >= 11 is 0. The van der Waals surface area contributed by atoms with E-state index in [4.69, 9.17) is 9.47 Å². The maximum atomic E-state index is 11.6. The topological polar surface area (TPSA) is 47.6 Å². The van der Waals surface area contributed by atoms with Crippen LogP contribution in [0.25, 0.3) is 0 Å². The molecular formula is C14H21NO3. The first-order chi connectivity index (χ1) is 8.40. The van der Waals surface area contributed by atoms with Crippen LogP contribution in [0.5, 0.6) is 5.75 Å². The molecule has 1 N–H and O–H groups in total. The molecule has 1 aromatic carbocycles. The van der Waals surface area contributed by atoms with Gasteiger partial charge in [-0.3, -0.25) is 0 Å². The number of nitrogens with one attached hydrogen (secondary N) is 1. The monoisotopic (exact) mass is 251 g/mol. The fourth-order valence-corrected chi connectivity index (χ4v) is 1.71. The second-order valence-corrected chi connectivity index (χ2v) is 4.65. The zero-order chi connectivity index (χ0) is 13.8. The number of aryl methyl sites for hydroxylation is 1. The summed E-state index contributed by atoms with van der Waals surface area (Å²) in [6, 6.07) is 5.74. The van der Waals surface area contributed by atoms with Crippen molar-refractivity contribution in [1.29, 1.82) is 0 Å². The third kappa shape index (κ3) is 3.39. The molecule has 18 heavy (non-hydrogen) atoms. The Balaban J connectivity index is 2.86. The quantitative estimate of drug-likeness (QED) is 0.817. The Labute approximate surface area is 108 Å². The number of hydrogen-bond acceptors (Lipinski definition) is 4. The SMILES string of the molecule is CCOc1ccc(NC(C)(C)C(=O)OC)cc1C. The van der Waals surface area contributed by atoms with Gasteiger partial charge in [-0.2, -0.15) is 0 Å². The minimum absolute atomic E-state index is 0.297. The van der Waals surface area contributed by atoms with Gasteiger partial charge in [-0.1, -0.05) is 0 Å². The summed E-state index contributed by atoms with van der Waals surface area (Å²) in [5.74, 6) is 0.563. The number of carbonyl (C=O) groups excluding carboxylic acids is 1. The van der Waals surface area contributed by atoms with Gasteiger partial charge in [-0.15, -0.1) is 0 Å². The highest BCUT2D eigenvalue weighted by Crippen LogP contribution is 2.24. The molecule has 4 nitrogen and oxygen atoms in total. The number of rotatable bonds is 5. The summed E-state index contributed by atoms with van der Waals surface area (Å²) < 4.78 is 10.2. The van der Waals surface area contributed by atoms with Gasteiger partial charge in [0.25, 0.3) is 0 Å². The number of hydrogen-bond donors (Lipinski definition) is 1. The molecule has 0 fully saturated rings. The van der Waals surface area contributed by atoms with E-state index in [-0.39, 0.29) is 5.97 Å². The average Bonchev–Trinajstić information content (AvgIpc) is 2.31. The summed E-state index contributed by atoms with van der Waals surface area (Å²) in [6.07, 6.45) is 0. The van der Waals surface area contributed by atoms with Crippen LogP contribution in [0, 0.1) is 6.92 Å². The largest absolute Gasteiger partial charge is 0.494 e.